The number of methoxy groups -OCH3 is 1. The molecule has 1 amide bonds. The lowest BCUT2D eigenvalue weighted by molar-refractivity contribution is -0.140. The van der Waals surface area contributed by atoms with Crippen LogP contribution in [0.3, 0.4) is 0 Å². The summed E-state index contributed by atoms with van der Waals surface area (Å²) in [5.41, 5.74) is 1.89. The number of hydrogen-bond donors (Lipinski definition) is 0. The van der Waals surface area contributed by atoms with Crippen molar-refractivity contribution in [2.24, 2.45) is 5.92 Å². The van der Waals surface area contributed by atoms with E-state index in [4.69, 9.17) is 14.8 Å². The van der Waals surface area contributed by atoms with Gasteiger partial charge in [0.2, 0.25) is 17.7 Å². The molecule has 1 aliphatic heterocycles. The molecule has 1 fully saturated rings. The van der Waals surface area contributed by atoms with Gasteiger partial charge in [-0.3, -0.25) is 9.69 Å². The van der Waals surface area contributed by atoms with Crippen LogP contribution in [0, 0.1) is 5.92 Å². The van der Waals surface area contributed by atoms with Crippen molar-refractivity contribution in [3.63, 3.8) is 0 Å². The SMILES string of the molecule is CCn1cc(C(F)(F)F)nc1-c1ccc(C(C)N2C(=O)C(C)Cn3nc(-c4c(OC)ncnc4C4CC4)nc32)cc1. The first-order chi connectivity index (χ1) is 19.6. The highest BCUT2D eigenvalue weighted by Gasteiger charge is 2.39. The van der Waals surface area contributed by atoms with Crippen LogP contribution in [0.1, 0.15) is 62.5 Å². The number of rotatable bonds is 7. The third-order valence-electron chi connectivity index (χ3n) is 7.64. The number of carbonyl (C=O) groups is 1. The van der Waals surface area contributed by atoms with E-state index < -0.39 is 17.9 Å². The maximum Gasteiger partial charge on any atom is 0.434 e. The second-order valence-corrected chi connectivity index (χ2v) is 10.5. The smallest absolute Gasteiger partial charge is 0.434 e. The van der Waals surface area contributed by atoms with Gasteiger partial charge in [0.15, 0.2) is 11.5 Å². The fraction of sp³-hybridized carbons (Fsp3) is 0.429. The van der Waals surface area contributed by atoms with E-state index in [1.807, 2.05) is 13.8 Å². The zero-order chi connectivity index (χ0) is 29.1. The molecule has 41 heavy (non-hydrogen) atoms. The molecule has 10 nitrogen and oxygen atoms in total. The lowest BCUT2D eigenvalue weighted by Gasteiger charge is -2.34. The Hall–Kier alpha value is -4.29. The molecule has 0 saturated heterocycles. The maximum absolute atomic E-state index is 13.5. The largest absolute Gasteiger partial charge is 0.480 e. The molecule has 0 spiro atoms. The average Bonchev–Trinajstić information content (AvgIpc) is 3.57. The van der Waals surface area contributed by atoms with Crippen molar-refractivity contribution < 1.29 is 22.7 Å². The number of halogens is 3. The first kappa shape index (κ1) is 26.9. The Labute approximate surface area is 234 Å². The minimum absolute atomic E-state index is 0.0944. The van der Waals surface area contributed by atoms with E-state index in [0.717, 1.165) is 30.3 Å². The number of alkyl halides is 3. The van der Waals surface area contributed by atoms with Gasteiger partial charge in [-0.05, 0) is 32.3 Å². The van der Waals surface area contributed by atoms with Gasteiger partial charge in [0.25, 0.3) is 0 Å². The second-order valence-electron chi connectivity index (χ2n) is 10.5. The zero-order valence-corrected chi connectivity index (χ0v) is 23.1. The molecule has 4 heterocycles. The molecule has 2 aliphatic rings. The quantitative estimate of drug-likeness (QED) is 0.300. The lowest BCUT2D eigenvalue weighted by Crippen LogP contribution is -2.44. The Morgan fingerprint density at radius 3 is 2.49 bits per heavy atom. The number of aryl methyl sites for hydroxylation is 1. The normalized spacial score (nSPS) is 18.0. The van der Waals surface area contributed by atoms with Gasteiger partial charge in [0.1, 0.15) is 17.7 Å². The van der Waals surface area contributed by atoms with E-state index in [1.165, 1.54) is 10.9 Å². The van der Waals surface area contributed by atoms with Crippen LogP contribution < -0.4 is 9.64 Å². The summed E-state index contributed by atoms with van der Waals surface area (Å²) in [6.45, 7) is 6.22. The summed E-state index contributed by atoms with van der Waals surface area (Å²) >= 11 is 0. The third kappa shape index (κ3) is 4.72. The summed E-state index contributed by atoms with van der Waals surface area (Å²) in [5, 5.41) is 4.76. The minimum atomic E-state index is -4.53. The van der Waals surface area contributed by atoms with Crippen LogP contribution in [-0.4, -0.2) is 47.3 Å². The number of imidazole rings is 1. The monoisotopic (exact) mass is 566 g/mol. The first-order valence-electron chi connectivity index (χ1n) is 13.5. The molecule has 1 saturated carbocycles. The van der Waals surface area contributed by atoms with Crippen molar-refractivity contribution in [3.8, 4) is 28.7 Å². The Balaban J connectivity index is 1.35. The highest BCUT2D eigenvalue weighted by molar-refractivity contribution is 5.95. The number of carbonyl (C=O) groups excluding carboxylic acids is 1. The predicted octanol–water partition coefficient (Wildman–Crippen LogP) is 5.27. The molecule has 0 radical (unpaired) electrons. The van der Waals surface area contributed by atoms with Crippen molar-refractivity contribution in [2.75, 3.05) is 12.0 Å². The van der Waals surface area contributed by atoms with Crippen LogP contribution in [0.2, 0.25) is 0 Å². The van der Waals surface area contributed by atoms with E-state index >= 15 is 0 Å². The van der Waals surface area contributed by atoms with Crippen molar-refractivity contribution >= 4 is 11.9 Å². The highest BCUT2D eigenvalue weighted by atomic mass is 19.4. The van der Waals surface area contributed by atoms with Crippen LogP contribution in [0.15, 0.2) is 36.8 Å². The van der Waals surface area contributed by atoms with E-state index in [2.05, 4.69) is 15.0 Å². The number of aromatic nitrogens is 7. The number of nitrogens with zero attached hydrogens (tertiary/aromatic N) is 8. The Morgan fingerprint density at radius 1 is 1.12 bits per heavy atom. The molecule has 0 N–H and O–H groups in total. The van der Waals surface area contributed by atoms with Crippen molar-refractivity contribution in [3.05, 3.63) is 53.7 Å². The summed E-state index contributed by atoms with van der Waals surface area (Å²) in [5.74, 6) is 1.29. The lowest BCUT2D eigenvalue weighted by atomic mass is 10.0. The van der Waals surface area contributed by atoms with Gasteiger partial charge in [-0.25, -0.2) is 19.6 Å². The van der Waals surface area contributed by atoms with Gasteiger partial charge in [-0.1, -0.05) is 31.2 Å². The fourth-order valence-electron chi connectivity index (χ4n) is 5.28. The summed E-state index contributed by atoms with van der Waals surface area (Å²) in [6.07, 6.45) is 0.00781. The van der Waals surface area contributed by atoms with Gasteiger partial charge >= 0.3 is 6.18 Å². The fourth-order valence-corrected chi connectivity index (χ4v) is 5.28. The Bertz CT molecular complexity index is 1610. The van der Waals surface area contributed by atoms with Gasteiger partial charge in [0, 0.05) is 24.2 Å². The van der Waals surface area contributed by atoms with E-state index in [0.29, 0.717) is 47.8 Å². The Kier molecular flexibility index (Phi) is 6.54. The number of hydrogen-bond acceptors (Lipinski definition) is 7. The third-order valence-corrected chi connectivity index (χ3v) is 7.64. The van der Waals surface area contributed by atoms with Crippen molar-refractivity contribution in [1.82, 2.24) is 34.3 Å². The van der Waals surface area contributed by atoms with Crippen molar-refractivity contribution in [1.29, 1.82) is 0 Å². The molecule has 13 heteroatoms. The van der Waals surface area contributed by atoms with Gasteiger partial charge in [-0.15, -0.1) is 5.10 Å². The number of anilines is 1. The van der Waals surface area contributed by atoms with Crippen LogP contribution in [0.5, 0.6) is 5.88 Å². The van der Waals surface area contributed by atoms with Gasteiger partial charge in [0.05, 0.1) is 31.3 Å². The topological polar surface area (TPSA) is 104 Å². The average molecular weight is 567 g/mol. The van der Waals surface area contributed by atoms with Crippen LogP contribution in [0.4, 0.5) is 19.1 Å². The molecule has 2 unspecified atom stereocenters. The molecule has 3 aromatic heterocycles. The summed E-state index contributed by atoms with van der Waals surface area (Å²) in [6, 6.07) is 6.62. The molecule has 4 aromatic rings. The molecule has 0 bridgehead atoms. The molecular formula is C28H29F3N8O2. The number of amides is 1. The first-order valence-corrected chi connectivity index (χ1v) is 13.5. The van der Waals surface area contributed by atoms with Gasteiger partial charge < -0.3 is 9.30 Å². The zero-order valence-electron chi connectivity index (χ0n) is 23.1. The molecule has 214 valence electrons. The Morgan fingerprint density at radius 2 is 1.85 bits per heavy atom. The predicted molar refractivity (Wildman–Crippen MR) is 143 cm³/mol. The summed E-state index contributed by atoms with van der Waals surface area (Å²) in [7, 11) is 1.54. The highest BCUT2D eigenvalue weighted by Crippen LogP contribution is 2.45. The van der Waals surface area contributed by atoms with E-state index in [1.54, 1.807) is 47.9 Å². The molecule has 2 atom stereocenters. The summed E-state index contributed by atoms with van der Waals surface area (Å²) in [4.78, 5) is 32.5. The standard InChI is InChI=1S/C28H29F3N8O2/c1-5-37-13-20(28(29,30)31)34-24(37)19-10-6-17(7-11-19)16(3)39-26(40)15(2)12-38-27(39)35-23(36-38)21-22(18-8-9-18)32-14-33-25(21)41-4/h6-7,10-11,13-16,18H,5,8-9,12H2,1-4H3. The van der Waals surface area contributed by atoms with Crippen molar-refractivity contribution in [2.45, 2.75) is 64.8 Å². The summed E-state index contributed by atoms with van der Waals surface area (Å²) < 4.78 is 48.6. The van der Waals surface area contributed by atoms with E-state index in [-0.39, 0.29) is 17.6 Å². The molecule has 1 aliphatic carbocycles. The molecule has 6 rings (SSSR count). The van der Waals surface area contributed by atoms with E-state index in [9.17, 15) is 18.0 Å². The maximum atomic E-state index is 13.5. The number of benzene rings is 1. The second kappa shape index (κ2) is 9.96. The van der Waals surface area contributed by atoms with Crippen LogP contribution in [-0.2, 0) is 24.1 Å². The minimum Gasteiger partial charge on any atom is -0.480 e. The molecular weight excluding hydrogens is 537 g/mol. The van der Waals surface area contributed by atoms with Crippen LogP contribution in [0.25, 0.3) is 22.8 Å². The molecule has 1 aromatic carbocycles. The van der Waals surface area contributed by atoms with Gasteiger partial charge in [-0.2, -0.15) is 18.2 Å². The van der Waals surface area contributed by atoms with Crippen LogP contribution >= 0.6 is 0 Å². The number of fused-ring (bicyclic) bond motifs is 1. The number of ether oxygens (including phenoxy) is 1.